The highest BCUT2D eigenvalue weighted by molar-refractivity contribution is 7.99. The molecule has 2 heterocycles. The number of likely N-dealkylation sites (N-methyl/N-ethyl adjacent to an activating group) is 1. The Bertz CT molecular complexity index is 758. The second-order valence-corrected chi connectivity index (χ2v) is 7.66. The predicted molar refractivity (Wildman–Crippen MR) is 102 cm³/mol. The van der Waals surface area contributed by atoms with Gasteiger partial charge in [-0.2, -0.15) is 11.8 Å². The van der Waals surface area contributed by atoms with Crippen molar-refractivity contribution < 1.29 is 18.8 Å². The largest absolute Gasteiger partial charge is 0.335 e. The van der Waals surface area contributed by atoms with E-state index >= 15 is 0 Å². The van der Waals surface area contributed by atoms with E-state index in [9.17, 15) is 18.8 Å². The molecule has 0 spiro atoms. The summed E-state index contributed by atoms with van der Waals surface area (Å²) in [4.78, 5) is 41.8. The van der Waals surface area contributed by atoms with Crippen molar-refractivity contribution in [2.45, 2.75) is 0 Å². The maximum absolute atomic E-state index is 13.0. The average molecular weight is 391 g/mol. The number of amides is 3. The van der Waals surface area contributed by atoms with Crippen LogP contribution in [0.3, 0.4) is 0 Å². The Kier molecular flexibility index (Phi) is 6.15. The van der Waals surface area contributed by atoms with Crippen molar-refractivity contribution in [1.29, 1.82) is 0 Å². The lowest BCUT2D eigenvalue weighted by Crippen LogP contribution is -2.54. The topological polar surface area (TPSA) is 60.9 Å². The summed E-state index contributed by atoms with van der Waals surface area (Å²) in [5, 5.41) is 0. The number of hydrogen-bond donors (Lipinski definition) is 0. The van der Waals surface area contributed by atoms with Gasteiger partial charge in [-0.25, -0.2) is 4.39 Å². The van der Waals surface area contributed by atoms with Crippen LogP contribution in [-0.4, -0.2) is 83.7 Å². The normalized spacial score (nSPS) is 16.9. The third-order valence-corrected chi connectivity index (χ3v) is 5.67. The first-order chi connectivity index (χ1) is 13.0. The predicted octanol–water partition coefficient (Wildman–Crippen LogP) is 1.24. The second-order valence-electron chi connectivity index (χ2n) is 6.63. The van der Waals surface area contributed by atoms with Crippen LogP contribution in [0.5, 0.6) is 0 Å². The van der Waals surface area contributed by atoms with Gasteiger partial charge in [0.05, 0.1) is 0 Å². The number of benzene rings is 1. The van der Waals surface area contributed by atoms with Crippen LogP contribution in [-0.2, 0) is 9.59 Å². The van der Waals surface area contributed by atoms with Gasteiger partial charge in [0.1, 0.15) is 5.82 Å². The van der Waals surface area contributed by atoms with Crippen molar-refractivity contribution in [2.75, 3.05) is 51.3 Å². The molecular weight excluding hydrogens is 369 g/mol. The maximum atomic E-state index is 13.0. The summed E-state index contributed by atoms with van der Waals surface area (Å²) in [7, 11) is 1.64. The van der Waals surface area contributed by atoms with Crippen molar-refractivity contribution >= 4 is 29.5 Å². The summed E-state index contributed by atoms with van der Waals surface area (Å²) in [6, 6.07) is 5.40. The fourth-order valence-corrected chi connectivity index (χ4v) is 4.04. The quantitative estimate of drug-likeness (QED) is 0.575. The van der Waals surface area contributed by atoms with Gasteiger partial charge in [0.2, 0.25) is 0 Å². The zero-order valence-electron chi connectivity index (χ0n) is 15.2. The van der Waals surface area contributed by atoms with Crippen LogP contribution >= 0.6 is 11.8 Å². The molecule has 0 radical (unpaired) electrons. The molecule has 0 saturated carbocycles. The molecule has 0 aromatic heterocycles. The minimum absolute atomic E-state index is 0.198. The Morgan fingerprint density at radius 3 is 2.30 bits per heavy atom. The van der Waals surface area contributed by atoms with E-state index < -0.39 is 17.6 Å². The van der Waals surface area contributed by atoms with E-state index in [1.165, 1.54) is 39.6 Å². The Morgan fingerprint density at radius 2 is 1.70 bits per heavy atom. The molecule has 3 rings (SSSR count). The molecule has 1 aromatic carbocycles. The smallest absolute Gasteiger partial charge is 0.312 e. The van der Waals surface area contributed by atoms with Crippen LogP contribution in [0.25, 0.3) is 0 Å². The number of hydrogen-bond acceptors (Lipinski definition) is 4. The zero-order chi connectivity index (χ0) is 19.4. The van der Waals surface area contributed by atoms with Gasteiger partial charge >= 0.3 is 11.8 Å². The van der Waals surface area contributed by atoms with Gasteiger partial charge in [0, 0.05) is 56.8 Å². The van der Waals surface area contributed by atoms with Crippen molar-refractivity contribution in [3.05, 3.63) is 47.3 Å². The van der Waals surface area contributed by atoms with E-state index in [2.05, 4.69) is 6.08 Å². The number of halogens is 1. The standard InChI is InChI=1S/C19H22FN3O3S/c1-21(12-14-6-11-27-13-14)18(25)19(26)23-9-7-22(8-10-23)17(24)15-2-4-16(20)5-3-15/h2-6H,7-13H2,1H3. The Morgan fingerprint density at radius 1 is 1.07 bits per heavy atom. The molecular formula is C19H22FN3O3S. The highest BCUT2D eigenvalue weighted by Crippen LogP contribution is 2.17. The van der Waals surface area contributed by atoms with Crippen LogP contribution in [0.4, 0.5) is 4.39 Å². The van der Waals surface area contributed by atoms with E-state index in [0.717, 1.165) is 11.5 Å². The molecule has 144 valence electrons. The van der Waals surface area contributed by atoms with E-state index in [4.69, 9.17) is 0 Å². The van der Waals surface area contributed by atoms with E-state index in [0.29, 0.717) is 38.3 Å². The summed E-state index contributed by atoms with van der Waals surface area (Å²) in [6.07, 6.45) is 2.10. The van der Waals surface area contributed by atoms with Crippen LogP contribution in [0.15, 0.2) is 35.9 Å². The van der Waals surface area contributed by atoms with Gasteiger partial charge in [-0.1, -0.05) is 6.08 Å². The summed E-state index contributed by atoms with van der Waals surface area (Å²) in [6.45, 7) is 1.79. The highest BCUT2D eigenvalue weighted by Gasteiger charge is 2.30. The van der Waals surface area contributed by atoms with Crippen molar-refractivity contribution in [3.8, 4) is 0 Å². The van der Waals surface area contributed by atoms with Gasteiger partial charge in [0.25, 0.3) is 5.91 Å². The third kappa shape index (κ3) is 4.68. The number of nitrogens with zero attached hydrogens (tertiary/aromatic N) is 3. The lowest BCUT2D eigenvalue weighted by atomic mass is 10.1. The lowest BCUT2D eigenvalue weighted by molar-refractivity contribution is -0.151. The summed E-state index contributed by atoms with van der Waals surface area (Å²) >= 11 is 1.79. The van der Waals surface area contributed by atoms with Crippen LogP contribution in [0.1, 0.15) is 10.4 Å². The number of rotatable bonds is 3. The minimum atomic E-state index is -0.530. The first-order valence-electron chi connectivity index (χ1n) is 8.80. The van der Waals surface area contributed by atoms with Crippen LogP contribution in [0.2, 0.25) is 0 Å². The molecule has 8 heteroatoms. The summed E-state index contributed by atoms with van der Waals surface area (Å²) in [5.74, 6) is 0.210. The lowest BCUT2D eigenvalue weighted by Gasteiger charge is -2.35. The van der Waals surface area contributed by atoms with E-state index in [-0.39, 0.29) is 5.91 Å². The van der Waals surface area contributed by atoms with Crippen LogP contribution in [0, 0.1) is 5.82 Å². The Labute approximate surface area is 162 Å². The van der Waals surface area contributed by atoms with Crippen molar-refractivity contribution in [3.63, 3.8) is 0 Å². The van der Waals surface area contributed by atoms with Crippen molar-refractivity contribution in [1.82, 2.24) is 14.7 Å². The summed E-state index contributed by atoms with van der Waals surface area (Å²) < 4.78 is 13.0. The van der Waals surface area contributed by atoms with Gasteiger partial charge in [-0.3, -0.25) is 14.4 Å². The molecule has 0 unspecified atom stereocenters. The van der Waals surface area contributed by atoms with E-state index in [1.807, 2.05) is 0 Å². The minimum Gasteiger partial charge on any atom is -0.335 e. The fraction of sp³-hybridized carbons (Fsp3) is 0.421. The maximum Gasteiger partial charge on any atom is 0.312 e. The summed E-state index contributed by atoms with van der Waals surface area (Å²) in [5.41, 5.74) is 1.58. The molecule has 0 N–H and O–H groups in total. The van der Waals surface area contributed by atoms with Crippen LogP contribution < -0.4 is 0 Å². The fourth-order valence-electron chi connectivity index (χ4n) is 3.10. The zero-order valence-corrected chi connectivity index (χ0v) is 16.0. The first kappa shape index (κ1) is 19.4. The molecule has 0 atom stereocenters. The monoisotopic (exact) mass is 391 g/mol. The number of piperazine rings is 1. The number of carbonyl (C=O) groups excluding carboxylic acids is 3. The molecule has 2 aliphatic heterocycles. The number of carbonyl (C=O) groups is 3. The van der Waals surface area contributed by atoms with Gasteiger partial charge in [0.15, 0.2) is 0 Å². The molecule has 0 aliphatic carbocycles. The van der Waals surface area contributed by atoms with Crippen molar-refractivity contribution in [2.24, 2.45) is 0 Å². The SMILES string of the molecule is CN(CC1=CCSC1)C(=O)C(=O)N1CCN(C(=O)c2ccc(F)cc2)CC1. The molecule has 0 bridgehead atoms. The molecule has 2 aliphatic rings. The van der Waals surface area contributed by atoms with Gasteiger partial charge < -0.3 is 14.7 Å². The molecule has 1 saturated heterocycles. The molecule has 27 heavy (non-hydrogen) atoms. The third-order valence-electron chi connectivity index (χ3n) is 4.69. The first-order valence-corrected chi connectivity index (χ1v) is 9.96. The molecule has 1 fully saturated rings. The average Bonchev–Trinajstić information content (AvgIpc) is 3.20. The molecule has 6 nitrogen and oxygen atoms in total. The van der Waals surface area contributed by atoms with Gasteiger partial charge in [-0.05, 0) is 29.8 Å². The van der Waals surface area contributed by atoms with E-state index in [1.54, 1.807) is 23.7 Å². The van der Waals surface area contributed by atoms with Gasteiger partial charge in [-0.15, -0.1) is 0 Å². The Balaban J connectivity index is 1.51. The second kappa shape index (κ2) is 8.56. The number of thioether (sulfide) groups is 1. The molecule has 1 aromatic rings. The highest BCUT2D eigenvalue weighted by atomic mass is 32.2. The molecule has 3 amide bonds. The Hall–Kier alpha value is -2.35.